The normalized spacial score (nSPS) is 23.1. The van der Waals surface area contributed by atoms with E-state index in [0.29, 0.717) is 6.10 Å². The molecule has 1 aromatic rings. The van der Waals surface area contributed by atoms with E-state index in [0.717, 1.165) is 26.1 Å². The van der Waals surface area contributed by atoms with Crippen LogP contribution in [0.2, 0.25) is 0 Å². The largest absolute Gasteiger partial charge is 0.378 e. The van der Waals surface area contributed by atoms with E-state index in [1.165, 1.54) is 42.5 Å². The molecule has 0 bridgehead atoms. The van der Waals surface area contributed by atoms with Crippen LogP contribution in [-0.2, 0) is 11.2 Å². The van der Waals surface area contributed by atoms with Gasteiger partial charge in [-0.25, -0.2) is 0 Å². The van der Waals surface area contributed by atoms with Gasteiger partial charge >= 0.3 is 0 Å². The molecule has 0 saturated carbocycles. The molecule has 20 heavy (non-hydrogen) atoms. The maximum Gasteiger partial charge on any atom is 0.0576 e. The van der Waals surface area contributed by atoms with Crippen molar-refractivity contribution in [3.8, 4) is 0 Å². The van der Waals surface area contributed by atoms with E-state index >= 15 is 0 Å². The lowest BCUT2D eigenvalue weighted by Crippen LogP contribution is -2.22. The molecule has 2 unspecified atom stereocenters. The first kappa shape index (κ1) is 13.9. The molecule has 0 spiro atoms. The predicted molar refractivity (Wildman–Crippen MR) is 83.2 cm³/mol. The van der Waals surface area contributed by atoms with Gasteiger partial charge in [-0.1, -0.05) is 12.1 Å². The van der Waals surface area contributed by atoms with E-state index in [1.54, 1.807) is 0 Å². The van der Waals surface area contributed by atoms with Gasteiger partial charge in [0.25, 0.3) is 0 Å². The maximum absolute atomic E-state index is 5.96. The Labute approximate surface area is 122 Å². The monoisotopic (exact) mass is 274 g/mol. The van der Waals surface area contributed by atoms with Crippen LogP contribution >= 0.6 is 0 Å². The van der Waals surface area contributed by atoms with Crippen LogP contribution in [0.3, 0.4) is 0 Å². The van der Waals surface area contributed by atoms with Crippen LogP contribution in [0.1, 0.15) is 49.8 Å². The van der Waals surface area contributed by atoms with Crippen molar-refractivity contribution in [2.75, 3.05) is 24.6 Å². The topological polar surface area (TPSA) is 38.5 Å². The molecule has 2 heterocycles. The molecule has 2 aliphatic heterocycles. The second-order valence-corrected chi connectivity index (χ2v) is 6.19. The zero-order valence-electron chi connectivity index (χ0n) is 12.5. The number of ether oxygens (including phenoxy) is 1. The quantitative estimate of drug-likeness (QED) is 0.897. The van der Waals surface area contributed by atoms with Gasteiger partial charge in [0.1, 0.15) is 0 Å². The summed E-state index contributed by atoms with van der Waals surface area (Å²) in [6.07, 6.45) is 6.64. The Morgan fingerprint density at radius 3 is 3.10 bits per heavy atom. The summed E-state index contributed by atoms with van der Waals surface area (Å²) in [5.41, 5.74) is 10.1. The van der Waals surface area contributed by atoms with Gasteiger partial charge in [0.2, 0.25) is 0 Å². The van der Waals surface area contributed by atoms with Gasteiger partial charge in [0.15, 0.2) is 0 Å². The molecule has 1 aromatic carbocycles. The number of benzene rings is 1. The van der Waals surface area contributed by atoms with Gasteiger partial charge in [0.05, 0.1) is 6.10 Å². The predicted octanol–water partition coefficient (Wildman–Crippen LogP) is 3.03. The molecule has 2 atom stereocenters. The molecule has 0 aromatic heterocycles. The minimum atomic E-state index is 0.133. The number of rotatable bonds is 5. The Balaban J connectivity index is 1.55. The third-order valence-electron chi connectivity index (χ3n) is 4.60. The van der Waals surface area contributed by atoms with Gasteiger partial charge in [0, 0.05) is 31.4 Å². The molecule has 3 rings (SSSR count). The van der Waals surface area contributed by atoms with Gasteiger partial charge in [-0.15, -0.1) is 0 Å². The fourth-order valence-electron chi connectivity index (χ4n) is 3.39. The number of fused-ring (bicyclic) bond motifs is 1. The molecule has 0 amide bonds. The number of nitrogens with zero attached hydrogens (tertiary/aromatic N) is 1. The van der Waals surface area contributed by atoms with Crippen LogP contribution in [0.4, 0.5) is 5.69 Å². The van der Waals surface area contributed by atoms with Crippen molar-refractivity contribution in [2.24, 2.45) is 5.73 Å². The number of anilines is 1. The Hall–Kier alpha value is -1.06. The molecule has 3 nitrogen and oxygen atoms in total. The highest BCUT2D eigenvalue weighted by molar-refractivity contribution is 5.59. The van der Waals surface area contributed by atoms with E-state index in [1.807, 2.05) is 0 Å². The molecule has 1 saturated heterocycles. The molecular weight excluding hydrogens is 248 g/mol. The smallest absolute Gasteiger partial charge is 0.0576 e. The van der Waals surface area contributed by atoms with Crippen molar-refractivity contribution in [3.63, 3.8) is 0 Å². The van der Waals surface area contributed by atoms with Crippen LogP contribution in [0.5, 0.6) is 0 Å². The Bertz CT molecular complexity index is 452. The molecule has 2 N–H and O–H groups in total. The van der Waals surface area contributed by atoms with Crippen molar-refractivity contribution < 1.29 is 4.74 Å². The minimum absolute atomic E-state index is 0.133. The van der Waals surface area contributed by atoms with E-state index in [2.05, 4.69) is 30.0 Å². The van der Waals surface area contributed by atoms with Crippen molar-refractivity contribution in [1.82, 2.24) is 0 Å². The van der Waals surface area contributed by atoms with Gasteiger partial charge < -0.3 is 15.4 Å². The summed E-state index contributed by atoms with van der Waals surface area (Å²) in [6.45, 7) is 5.33. The highest BCUT2D eigenvalue weighted by Crippen LogP contribution is 2.30. The molecule has 2 aliphatic rings. The SMILES string of the molecule is CC(N)c1ccc2c(c1)CCN2CCCC1CCCO1. The Kier molecular flexibility index (Phi) is 4.27. The van der Waals surface area contributed by atoms with Crippen LogP contribution < -0.4 is 10.6 Å². The zero-order valence-corrected chi connectivity index (χ0v) is 12.5. The lowest BCUT2D eigenvalue weighted by Gasteiger charge is -2.20. The first-order valence-corrected chi connectivity index (χ1v) is 7.99. The van der Waals surface area contributed by atoms with Crippen LogP contribution in [0, 0.1) is 0 Å². The highest BCUT2D eigenvalue weighted by Gasteiger charge is 2.20. The van der Waals surface area contributed by atoms with Crippen molar-refractivity contribution >= 4 is 5.69 Å². The lowest BCUT2D eigenvalue weighted by molar-refractivity contribution is 0.103. The zero-order chi connectivity index (χ0) is 13.9. The average molecular weight is 274 g/mol. The second-order valence-electron chi connectivity index (χ2n) is 6.19. The average Bonchev–Trinajstić information content (AvgIpc) is 3.08. The second kappa shape index (κ2) is 6.15. The van der Waals surface area contributed by atoms with Crippen LogP contribution in [0.25, 0.3) is 0 Å². The molecule has 1 fully saturated rings. The fourth-order valence-corrected chi connectivity index (χ4v) is 3.39. The standard InChI is InChI=1S/C17H26N2O/c1-13(18)14-6-7-17-15(12-14)8-10-19(17)9-2-4-16-5-3-11-20-16/h6-7,12-13,16H,2-5,8-11,18H2,1H3. The summed E-state index contributed by atoms with van der Waals surface area (Å²) in [6, 6.07) is 6.86. The summed E-state index contributed by atoms with van der Waals surface area (Å²) < 4.78 is 5.70. The highest BCUT2D eigenvalue weighted by atomic mass is 16.5. The van der Waals surface area contributed by atoms with Gasteiger partial charge in [-0.3, -0.25) is 0 Å². The maximum atomic E-state index is 5.96. The summed E-state index contributed by atoms with van der Waals surface area (Å²) in [4.78, 5) is 2.52. The van der Waals surface area contributed by atoms with E-state index in [4.69, 9.17) is 10.5 Å². The third-order valence-corrected chi connectivity index (χ3v) is 4.60. The molecule has 3 heteroatoms. The molecular formula is C17H26N2O. The van der Waals surface area contributed by atoms with E-state index < -0.39 is 0 Å². The summed E-state index contributed by atoms with van der Waals surface area (Å²) >= 11 is 0. The van der Waals surface area contributed by atoms with Crippen molar-refractivity contribution in [2.45, 2.75) is 51.2 Å². The lowest BCUT2D eigenvalue weighted by atomic mass is 10.0. The first-order valence-electron chi connectivity index (χ1n) is 7.99. The van der Waals surface area contributed by atoms with Crippen molar-refractivity contribution in [3.05, 3.63) is 29.3 Å². The van der Waals surface area contributed by atoms with Crippen LogP contribution in [-0.4, -0.2) is 25.8 Å². The fraction of sp³-hybridized carbons (Fsp3) is 0.647. The van der Waals surface area contributed by atoms with E-state index in [-0.39, 0.29) is 6.04 Å². The first-order chi connectivity index (χ1) is 9.74. The number of hydrogen-bond acceptors (Lipinski definition) is 3. The third kappa shape index (κ3) is 2.99. The Morgan fingerprint density at radius 2 is 2.35 bits per heavy atom. The van der Waals surface area contributed by atoms with Gasteiger partial charge in [-0.05, 0) is 56.2 Å². The summed E-state index contributed by atoms with van der Waals surface area (Å²) in [5, 5.41) is 0. The van der Waals surface area contributed by atoms with Crippen molar-refractivity contribution in [1.29, 1.82) is 0 Å². The molecule has 0 radical (unpaired) electrons. The summed E-state index contributed by atoms with van der Waals surface area (Å²) in [5.74, 6) is 0. The molecule has 110 valence electrons. The number of nitrogens with two attached hydrogens (primary N) is 1. The molecule has 0 aliphatic carbocycles. The van der Waals surface area contributed by atoms with Crippen LogP contribution in [0.15, 0.2) is 18.2 Å². The van der Waals surface area contributed by atoms with Gasteiger partial charge in [-0.2, -0.15) is 0 Å². The minimum Gasteiger partial charge on any atom is -0.378 e. The van der Waals surface area contributed by atoms with E-state index in [9.17, 15) is 0 Å². The Morgan fingerprint density at radius 1 is 1.45 bits per heavy atom. The summed E-state index contributed by atoms with van der Waals surface area (Å²) in [7, 11) is 0. The number of hydrogen-bond donors (Lipinski definition) is 1.